The molecule has 0 radical (unpaired) electrons. The molecule has 0 aliphatic heterocycles. The molecule has 2 aromatic carbocycles. The quantitative estimate of drug-likeness (QED) is 0.497. The van der Waals surface area contributed by atoms with Crippen molar-refractivity contribution in [3.63, 3.8) is 0 Å². The zero-order chi connectivity index (χ0) is 20.8. The van der Waals surface area contributed by atoms with Gasteiger partial charge < -0.3 is 15.8 Å². The van der Waals surface area contributed by atoms with E-state index in [1.165, 1.54) is 43.3 Å². The van der Waals surface area contributed by atoms with Gasteiger partial charge in [0.1, 0.15) is 0 Å². The van der Waals surface area contributed by atoms with Crippen molar-refractivity contribution < 1.29 is 19.1 Å². The molecule has 1 heterocycles. The third-order valence-electron chi connectivity index (χ3n) is 4.11. The maximum atomic E-state index is 12.2. The van der Waals surface area contributed by atoms with Crippen LogP contribution in [0.4, 0.5) is 5.69 Å². The van der Waals surface area contributed by atoms with Gasteiger partial charge >= 0.3 is 5.97 Å². The van der Waals surface area contributed by atoms with Crippen LogP contribution in [0.2, 0.25) is 0 Å². The standard InChI is InChI=1S/C22H19N3O4/c1-14(22(28)25-18-10-7-16(8-11-18)21(23)27)29-20(26)13-12-17-9-6-15-4-2-3-5-19(15)24-17/h2-14H,1H3,(H2,23,27)(H,25,28)/b13-12+. The van der Waals surface area contributed by atoms with E-state index in [1.54, 1.807) is 6.07 Å². The topological polar surface area (TPSA) is 111 Å². The Hall–Kier alpha value is -4.00. The summed E-state index contributed by atoms with van der Waals surface area (Å²) in [5.74, 6) is -1.72. The molecule has 146 valence electrons. The third-order valence-corrected chi connectivity index (χ3v) is 4.11. The minimum Gasteiger partial charge on any atom is -0.449 e. The Morgan fingerprint density at radius 2 is 1.76 bits per heavy atom. The van der Waals surface area contributed by atoms with E-state index in [9.17, 15) is 14.4 Å². The predicted octanol–water partition coefficient (Wildman–Crippen LogP) is 2.92. The fourth-order valence-electron chi connectivity index (χ4n) is 2.56. The first-order valence-corrected chi connectivity index (χ1v) is 8.87. The van der Waals surface area contributed by atoms with Gasteiger partial charge in [0.05, 0.1) is 11.2 Å². The molecule has 0 saturated heterocycles. The van der Waals surface area contributed by atoms with Crippen molar-refractivity contribution in [2.45, 2.75) is 13.0 Å². The van der Waals surface area contributed by atoms with Crippen LogP contribution in [0.25, 0.3) is 17.0 Å². The average Bonchev–Trinajstić information content (AvgIpc) is 2.72. The largest absolute Gasteiger partial charge is 0.449 e. The monoisotopic (exact) mass is 389 g/mol. The Bertz CT molecular complexity index is 1090. The number of amides is 2. The van der Waals surface area contributed by atoms with Crippen LogP contribution in [0.3, 0.4) is 0 Å². The maximum absolute atomic E-state index is 12.2. The van der Waals surface area contributed by atoms with E-state index in [0.29, 0.717) is 16.9 Å². The summed E-state index contributed by atoms with van der Waals surface area (Å²) in [5, 5.41) is 3.60. The summed E-state index contributed by atoms with van der Waals surface area (Å²) in [5.41, 5.74) is 7.38. The van der Waals surface area contributed by atoms with Crippen molar-refractivity contribution in [3.05, 3.63) is 78.0 Å². The number of ether oxygens (including phenoxy) is 1. The number of nitrogens with two attached hydrogens (primary N) is 1. The molecule has 0 fully saturated rings. The number of fused-ring (bicyclic) bond motifs is 1. The number of hydrogen-bond acceptors (Lipinski definition) is 5. The van der Waals surface area contributed by atoms with E-state index in [4.69, 9.17) is 10.5 Å². The minimum absolute atomic E-state index is 0.329. The lowest BCUT2D eigenvalue weighted by atomic mass is 10.2. The van der Waals surface area contributed by atoms with Crippen molar-refractivity contribution in [2.24, 2.45) is 5.73 Å². The van der Waals surface area contributed by atoms with Crippen LogP contribution in [0.15, 0.2) is 66.7 Å². The molecule has 3 aromatic rings. The number of para-hydroxylation sites is 1. The molecule has 0 aliphatic rings. The zero-order valence-electron chi connectivity index (χ0n) is 15.7. The number of rotatable bonds is 6. The molecule has 7 nitrogen and oxygen atoms in total. The van der Waals surface area contributed by atoms with Gasteiger partial charge in [0.2, 0.25) is 5.91 Å². The van der Waals surface area contributed by atoms with Crippen molar-refractivity contribution in [1.29, 1.82) is 0 Å². The highest BCUT2D eigenvalue weighted by Gasteiger charge is 2.16. The van der Waals surface area contributed by atoms with Crippen molar-refractivity contribution in [1.82, 2.24) is 4.98 Å². The highest BCUT2D eigenvalue weighted by atomic mass is 16.5. The molecule has 1 aromatic heterocycles. The first-order chi connectivity index (χ1) is 13.9. The molecule has 2 amide bonds. The smallest absolute Gasteiger partial charge is 0.331 e. The molecule has 0 saturated carbocycles. The molecule has 3 rings (SSSR count). The Morgan fingerprint density at radius 1 is 1.03 bits per heavy atom. The molecule has 7 heteroatoms. The number of esters is 1. The second kappa shape index (κ2) is 8.79. The maximum Gasteiger partial charge on any atom is 0.331 e. The SMILES string of the molecule is CC(OC(=O)/C=C/c1ccc2ccccc2n1)C(=O)Nc1ccc(C(N)=O)cc1. The molecule has 3 N–H and O–H groups in total. The number of nitrogens with one attached hydrogen (secondary N) is 1. The first-order valence-electron chi connectivity index (χ1n) is 8.87. The van der Waals surface area contributed by atoms with Gasteiger partial charge in [-0.25, -0.2) is 9.78 Å². The molecule has 0 aliphatic carbocycles. The average molecular weight is 389 g/mol. The number of anilines is 1. The molecule has 1 unspecified atom stereocenters. The van der Waals surface area contributed by atoms with Gasteiger partial charge in [-0.15, -0.1) is 0 Å². The molecule has 0 spiro atoms. The van der Waals surface area contributed by atoms with Gasteiger partial charge in [0, 0.05) is 22.7 Å². The molecule has 1 atom stereocenters. The minimum atomic E-state index is -1.01. The molecular weight excluding hydrogens is 370 g/mol. The summed E-state index contributed by atoms with van der Waals surface area (Å²) in [7, 11) is 0. The Morgan fingerprint density at radius 3 is 2.48 bits per heavy atom. The van der Waals surface area contributed by atoms with Crippen LogP contribution < -0.4 is 11.1 Å². The number of pyridine rings is 1. The molecular formula is C22H19N3O4. The number of carbonyl (C=O) groups excluding carboxylic acids is 3. The van der Waals surface area contributed by atoms with Gasteiger partial charge in [-0.3, -0.25) is 9.59 Å². The Labute approximate surface area is 167 Å². The normalized spacial score (nSPS) is 11.9. The van der Waals surface area contributed by atoms with Gasteiger partial charge in [-0.2, -0.15) is 0 Å². The number of primary amides is 1. The van der Waals surface area contributed by atoms with Gasteiger partial charge in [0.25, 0.3) is 5.91 Å². The number of carbonyl (C=O) groups is 3. The van der Waals surface area contributed by atoms with Crippen LogP contribution in [-0.4, -0.2) is 28.9 Å². The van der Waals surface area contributed by atoms with Gasteiger partial charge in [-0.05, 0) is 49.4 Å². The van der Waals surface area contributed by atoms with Crippen LogP contribution >= 0.6 is 0 Å². The van der Waals surface area contributed by atoms with Crippen molar-refractivity contribution in [3.8, 4) is 0 Å². The summed E-state index contributed by atoms with van der Waals surface area (Å²) < 4.78 is 5.12. The second-order valence-electron chi connectivity index (χ2n) is 6.27. The van der Waals surface area contributed by atoms with E-state index in [2.05, 4.69) is 10.3 Å². The van der Waals surface area contributed by atoms with E-state index >= 15 is 0 Å². The Balaban J connectivity index is 1.56. The number of aromatic nitrogens is 1. The van der Waals surface area contributed by atoms with Crippen molar-refractivity contribution in [2.75, 3.05) is 5.32 Å². The fraction of sp³-hybridized carbons (Fsp3) is 0.0909. The predicted molar refractivity (Wildman–Crippen MR) is 110 cm³/mol. The number of hydrogen-bond donors (Lipinski definition) is 2. The van der Waals surface area contributed by atoms with Crippen LogP contribution in [0.1, 0.15) is 23.0 Å². The van der Waals surface area contributed by atoms with Gasteiger partial charge in [0.15, 0.2) is 6.10 Å². The first kappa shape index (κ1) is 19.8. The van der Waals surface area contributed by atoms with E-state index in [-0.39, 0.29) is 0 Å². The Kier molecular flexibility index (Phi) is 5.99. The van der Waals surface area contributed by atoms with Crippen LogP contribution in [0, 0.1) is 0 Å². The van der Waals surface area contributed by atoms with E-state index in [1.807, 2.05) is 30.3 Å². The zero-order valence-corrected chi connectivity index (χ0v) is 15.7. The third kappa shape index (κ3) is 5.26. The highest BCUT2D eigenvalue weighted by molar-refractivity contribution is 5.97. The lowest BCUT2D eigenvalue weighted by Crippen LogP contribution is -2.29. The van der Waals surface area contributed by atoms with Gasteiger partial charge in [-0.1, -0.05) is 24.3 Å². The summed E-state index contributed by atoms with van der Waals surface area (Å²) in [6, 6.07) is 17.4. The summed E-state index contributed by atoms with van der Waals surface area (Å²) in [6.45, 7) is 1.47. The fourth-order valence-corrected chi connectivity index (χ4v) is 2.56. The van der Waals surface area contributed by atoms with E-state index in [0.717, 1.165) is 10.9 Å². The summed E-state index contributed by atoms with van der Waals surface area (Å²) in [4.78, 5) is 39.7. The number of benzene rings is 2. The highest BCUT2D eigenvalue weighted by Crippen LogP contribution is 2.13. The lowest BCUT2D eigenvalue weighted by molar-refractivity contribution is -0.148. The lowest BCUT2D eigenvalue weighted by Gasteiger charge is -2.12. The number of nitrogens with zero attached hydrogens (tertiary/aromatic N) is 1. The van der Waals surface area contributed by atoms with Crippen molar-refractivity contribution >= 4 is 40.4 Å². The van der Waals surface area contributed by atoms with Crippen LogP contribution in [-0.2, 0) is 14.3 Å². The summed E-state index contributed by atoms with van der Waals surface area (Å²) in [6.07, 6.45) is 1.75. The van der Waals surface area contributed by atoms with Crippen LogP contribution in [0.5, 0.6) is 0 Å². The second-order valence-corrected chi connectivity index (χ2v) is 6.27. The molecule has 0 bridgehead atoms. The summed E-state index contributed by atoms with van der Waals surface area (Å²) >= 11 is 0. The van der Waals surface area contributed by atoms with E-state index < -0.39 is 23.9 Å². The molecule has 29 heavy (non-hydrogen) atoms.